The number of hydrogen-bond acceptors (Lipinski definition) is 11. The van der Waals surface area contributed by atoms with Crippen molar-refractivity contribution in [3.8, 4) is 11.5 Å². The number of carbonyl (C=O) groups excluding carboxylic acids is 3. The number of phenols is 1. The Balaban J connectivity index is 0.00000533. The molecule has 0 bridgehead atoms. The molecule has 1 aromatic heterocycles. The van der Waals surface area contributed by atoms with Gasteiger partial charge in [0.15, 0.2) is 5.82 Å². The van der Waals surface area contributed by atoms with Crippen LogP contribution in [-0.2, 0) is 20.1 Å². The van der Waals surface area contributed by atoms with Crippen molar-refractivity contribution < 1.29 is 33.5 Å². The molecule has 0 spiro atoms. The Kier molecular flexibility index (Phi) is 12.3. The zero-order chi connectivity index (χ0) is 28.0. The summed E-state index contributed by atoms with van der Waals surface area (Å²) in [4.78, 5) is 44.8. The van der Waals surface area contributed by atoms with Crippen LogP contribution >= 0.6 is 40.1 Å². The highest BCUT2D eigenvalue weighted by Gasteiger charge is 2.29. The normalized spacial score (nSPS) is 17.8. The molecule has 2 heterocycles. The SMILES string of the molecule is COc1cc(O)c2c(c1Br)C(=O)OCCN(C(=O)[C@@H](N)CC(C)C)CC(=O)N[C@H](c1nc(C)no1)CSC2.Cl. The first kappa shape index (κ1) is 32.7. The van der Waals surface area contributed by atoms with E-state index in [-0.39, 0.29) is 72.5 Å². The number of thioether (sulfide) groups is 1. The van der Waals surface area contributed by atoms with E-state index in [1.807, 2.05) is 13.8 Å². The number of carbonyl (C=O) groups is 3. The second-order valence-electron chi connectivity index (χ2n) is 9.21. The Labute approximate surface area is 245 Å². The van der Waals surface area contributed by atoms with Crippen LogP contribution < -0.4 is 15.8 Å². The molecule has 39 heavy (non-hydrogen) atoms. The molecule has 1 aromatic carbocycles. The fourth-order valence-electron chi connectivity index (χ4n) is 3.92. The average molecular weight is 651 g/mol. The maximum atomic E-state index is 13.2. The van der Waals surface area contributed by atoms with Crippen LogP contribution in [0.3, 0.4) is 0 Å². The lowest BCUT2D eigenvalue weighted by atomic mass is 10.0. The van der Waals surface area contributed by atoms with E-state index in [4.69, 9.17) is 19.7 Å². The van der Waals surface area contributed by atoms with Crippen molar-refractivity contribution in [3.63, 3.8) is 0 Å². The molecule has 15 heteroatoms. The highest BCUT2D eigenvalue weighted by atomic mass is 79.9. The number of aromatic nitrogens is 2. The van der Waals surface area contributed by atoms with E-state index in [0.29, 0.717) is 22.3 Å². The van der Waals surface area contributed by atoms with Gasteiger partial charge < -0.3 is 35.1 Å². The smallest absolute Gasteiger partial charge is 0.339 e. The van der Waals surface area contributed by atoms with Gasteiger partial charge in [-0.25, -0.2) is 4.79 Å². The number of esters is 1. The van der Waals surface area contributed by atoms with Gasteiger partial charge in [0, 0.05) is 23.1 Å². The molecule has 0 unspecified atom stereocenters. The van der Waals surface area contributed by atoms with Gasteiger partial charge >= 0.3 is 5.97 Å². The van der Waals surface area contributed by atoms with Gasteiger partial charge in [-0.15, -0.1) is 12.4 Å². The first-order valence-corrected chi connectivity index (χ1v) is 13.9. The predicted octanol–water partition coefficient (Wildman–Crippen LogP) is 2.74. The Morgan fingerprint density at radius 2 is 2.13 bits per heavy atom. The van der Waals surface area contributed by atoms with E-state index in [2.05, 4.69) is 31.4 Å². The number of aromatic hydroxyl groups is 1. The third kappa shape index (κ3) is 8.47. The van der Waals surface area contributed by atoms with Crippen molar-refractivity contribution in [2.75, 3.05) is 32.6 Å². The molecule has 3 rings (SSSR count). The summed E-state index contributed by atoms with van der Waals surface area (Å²) >= 11 is 4.71. The van der Waals surface area contributed by atoms with Gasteiger partial charge in [-0.3, -0.25) is 9.59 Å². The molecule has 216 valence electrons. The standard InChI is InChI=1S/C24H32BrN5O7S.ClH/c1-12(2)7-15(26)23(33)30-5-6-36-24(34)20-14(17(31)8-18(35-4)21(20)25)10-38-11-16(28-19(32)9-30)22-27-13(3)29-37-22;/h8,12,15-16,31H,5-7,9-11,26H2,1-4H3,(H,28,32);1H/t15-,16-;/m0./s1. The summed E-state index contributed by atoms with van der Waals surface area (Å²) in [5, 5.41) is 17.4. The molecular weight excluding hydrogens is 618 g/mol. The number of nitrogens with zero attached hydrogens (tertiary/aromatic N) is 3. The first-order valence-electron chi connectivity index (χ1n) is 12.0. The minimum atomic E-state index is -0.821. The lowest BCUT2D eigenvalue weighted by molar-refractivity contribution is -0.138. The van der Waals surface area contributed by atoms with Gasteiger partial charge in [0.1, 0.15) is 24.1 Å². The van der Waals surface area contributed by atoms with E-state index in [9.17, 15) is 19.5 Å². The molecular formula is C24H33BrClN5O7S. The minimum Gasteiger partial charge on any atom is -0.507 e. The number of ether oxygens (including phenoxy) is 2. The number of amides is 2. The van der Waals surface area contributed by atoms with Crippen LogP contribution in [0, 0.1) is 12.8 Å². The zero-order valence-corrected chi connectivity index (χ0v) is 25.3. The van der Waals surface area contributed by atoms with Gasteiger partial charge in [0.05, 0.1) is 36.3 Å². The summed E-state index contributed by atoms with van der Waals surface area (Å²) in [6.07, 6.45) is 0.427. The molecule has 4 N–H and O–H groups in total. The monoisotopic (exact) mass is 649 g/mol. The fraction of sp³-hybridized carbons (Fsp3) is 0.542. The van der Waals surface area contributed by atoms with Crippen LogP contribution in [0.1, 0.15) is 53.9 Å². The number of halogens is 2. The van der Waals surface area contributed by atoms with Gasteiger partial charge in [-0.2, -0.15) is 16.7 Å². The van der Waals surface area contributed by atoms with E-state index < -0.39 is 29.9 Å². The number of aryl methyl sites for hydroxylation is 1. The van der Waals surface area contributed by atoms with E-state index in [0.717, 1.165) is 0 Å². The Morgan fingerprint density at radius 1 is 1.41 bits per heavy atom. The maximum absolute atomic E-state index is 13.2. The summed E-state index contributed by atoms with van der Waals surface area (Å²) < 4.78 is 16.4. The van der Waals surface area contributed by atoms with Crippen molar-refractivity contribution in [1.29, 1.82) is 0 Å². The molecule has 2 amide bonds. The number of methoxy groups -OCH3 is 1. The zero-order valence-electron chi connectivity index (χ0n) is 22.1. The van der Waals surface area contributed by atoms with Crippen LogP contribution in [0.25, 0.3) is 0 Å². The summed E-state index contributed by atoms with van der Waals surface area (Å²) in [5.74, 6) is -0.270. The van der Waals surface area contributed by atoms with Crippen molar-refractivity contribution in [2.24, 2.45) is 11.7 Å². The number of nitrogens with one attached hydrogen (secondary N) is 1. The summed E-state index contributed by atoms with van der Waals surface area (Å²) in [6, 6.07) is -0.104. The van der Waals surface area contributed by atoms with Crippen LogP contribution in [0.2, 0.25) is 0 Å². The Hall–Kier alpha value is -2.55. The van der Waals surface area contributed by atoms with E-state index in [1.165, 1.54) is 29.8 Å². The number of cyclic esters (lactones) is 1. The molecule has 0 aliphatic carbocycles. The van der Waals surface area contributed by atoms with Crippen LogP contribution in [0.4, 0.5) is 0 Å². The molecule has 0 fully saturated rings. The molecule has 0 saturated heterocycles. The quantitative estimate of drug-likeness (QED) is 0.407. The third-order valence-electron chi connectivity index (χ3n) is 5.73. The first-order chi connectivity index (χ1) is 18.0. The summed E-state index contributed by atoms with van der Waals surface area (Å²) in [7, 11) is 1.42. The Bertz CT molecular complexity index is 1180. The predicted molar refractivity (Wildman–Crippen MR) is 150 cm³/mol. The second kappa shape index (κ2) is 14.7. The van der Waals surface area contributed by atoms with Crippen LogP contribution in [0.15, 0.2) is 15.1 Å². The molecule has 1 aliphatic heterocycles. The molecule has 12 nitrogen and oxygen atoms in total. The van der Waals surface area contributed by atoms with Gasteiger partial charge in [-0.1, -0.05) is 19.0 Å². The molecule has 1 aliphatic rings. The lowest BCUT2D eigenvalue weighted by Crippen LogP contribution is -2.50. The molecule has 2 atom stereocenters. The topological polar surface area (TPSA) is 170 Å². The number of hydrogen-bond donors (Lipinski definition) is 3. The molecule has 0 radical (unpaired) electrons. The highest BCUT2D eigenvalue weighted by Crippen LogP contribution is 2.39. The number of nitrogens with two attached hydrogens (primary N) is 1. The molecule has 2 aromatic rings. The molecule has 0 saturated carbocycles. The minimum absolute atomic E-state index is 0. The number of fused-ring (bicyclic) bond motifs is 1. The van der Waals surface area contributed by atoms with Crippen molar-refractivity contribution in [3.05, 3.63) is 33.4 Å². The summed E-state index contributed by atoms with van der Waals surface area (Å²) in [5.41, 5.74) is 6.55. The van der Waals surface area contributed by atoms with Crippen LogP contribution in [-0.4, -0.2) is 76.5 Å². The third-order valence-corrected chi connectivity index (χ3v) is 7.58. The van der Waals surface area contributed by atoms with Gasteiger partial charge in [0.2, 0.25) is 17.7 Å². The highest BCUT2D eigenvalue weighted by molar-refractivity contribution is 9.10. The average Bonchev–Trinajstić information content (AvgIpc) is 3.29. The van der Waals surface area contributed by atoms with Gasteiger partial charge in [-0.05, 0) is 35.2 Å². The Morgan fingerprint density at radius 3 is 2.74 bits per heavy atom. The van der Waals surface area contributed by atoms with Crippen molar-refractivity contribution >= 4 is 57.9 Å². The number of benzene rings is 1. The second-order valence-corrected chi connectivity index (χ2v) is 11.0. The maximum Gasteiger partial charge on any atom is 0.339 e. The number of rotatable bonds is 5. The van der Waals surface area contributed by atoms with E-state index >= 15 is 0 Å². The lowest BCUT2D eigenvalue weighted by Gasteiger charge is -2.27. The van der Waals surface area contributed by atoms with Crippen molar-refractivity contribution in [1.82, 2.24) is 20.4 Å². The van der Waals surface area contributed by atoms with Crippen LogP contribution in [0.5, 0.6) is 11.5 Å². The fourth-order valence-corrected chi connectivity index (χ4v) is 5.67. The van der Waals surface area contributed by atoms with Gasteiger partial charge in [0.25, 0.3) is 0 Å². The van der Waals surface area contributed by atoms with E-state index in [1.54, 1.807) is 6.92 Å². The summed E-state index contributed by atoms with van der Waals surface area (Å²) in [6.45, 7) is 4.98. The largest absolute Gasteiger partial charge is 0.507 e. The number of phenolic OH excluding ortho intramolecular Hbond substituents is 1. The van der Waals surface area contributed by atoms with Crippen molar-refractivity contribution in [2.45, 2.75) is 45.0 Å².